The Morgan fingerprint density at radius 1 is 0.818 bits per heavy atom. The van der Waals surface area contributed by atoms with Crippen molar-refractivity contribution in [3.8, 4) is 0 Å². The Hall–Kier alpha value is -2.61. The van der Waals surface area contributed by atoms with Crippen molar-refractivity contribution in [2.75, 3.05) is 6.54 Å². The van der Waals surface area contributed by atoms with Crippen molar-refractivity contribution in [1.29, 1.82) is 0 Å². The van der Waals surface area contributed by atoms with Gasteiger partial charge in [0.05, 0.1) is 23.4 Å². The minimum Gasteiger partial charge on any atom is -0.475 e. The number of aromatic nitrogens is 3. The lowest BCUT2D eigenvalue weighted by Crippen LogP contribution is -2.21. The standard InChI is InChI=1S/C9H17NO.2C9H15NO.C9H15NS/c1-7-10-6-8(11-7)5-9(2,3)4;1-7-6-10-8(11-7)5-9(2,3)4;1-7-5-8(11-10-7)6-9(2,3)4;1-7-6-10-8(11-7)5-9(2,3)4/h8,10H,1,5-6H2,2-4H3;6H,5H2,1-4H3;5H,6H2,1-4H3;6H,5H2,1-4H3. The highest BCUT2D eigenvalue weighted by molar-refractivity contribution is 7.11. The van der Waals surface area contributed by atoms with Gasteiger partial charge < -0.3 is 19.0 Å². The number of oxazole rings is 1. The molecule has 1 unspecified atom stereocenters. The molecule has 0 aromatic carbocycles. The van der Waals surface area contributed by atoms with Gasteiger partial charge in [-0.05, 0) is 55.4 Å². The molecule has 0 amide bonds. The van der Waals surface area contributed by atoms with Crippen LogP contribution in [0.1, 0.15) is 122 Å². The molecule has 8 heteroatoms. The van der Waals surface area contributed by atoms with E-state index in [1.165, 1.54) is 9.88 Å². The van der Waals surface area contributed by atoms with Crippen molar-refractivity contribution in [2.24, 2.45) is 21.7 Å². The van der Waals surface area contributed by atoms with Gasteiger partial charge in [-0.3, -0.25) is 0 Å². The second-order valence-corrected chi connectivity index (χ2v) is 18.0. The molecule has 1 fully saturated rings. The van der Waals surface area contributed by atoms with Crippen LogP contribution in [0.25, 0.3) is 0 Å². The predicted octanol–water partition coefficient (Wildman–Crippen LogP) is 10.1. The quantitative estimate of drug-likeness (QED) is 0.307. The molecule has 0 saturated carbocycles. The SMILES string of the molecule is C=C1NCC(CC(C)(C)C)O1.Cc1cc(CC(C)(C)C)on1.Cc1cnc(CC(C)(C)C)o1.Cc1cnc(CC(C)(C)C)s1. The number of hydrogen-bond acceptors (Lipinski definition) is 8. The maximum atomic E-state index is 5.43. The number of aryl methyl sites for hydroxylation is 3. The summed E-state index contributed by atoms with van der Waals surface area (Å²) in [5, 5.41) is 8.16. The summed E-state index contributed by atoms with van der Waals surface area (Å²) < 4.78 is 15.9. The second kappa shape index (κ2) is 16.6. The highest BCUT2D eigenvalue weighted by Gasteiger charge is 2.24. The maximum Gasteiger partial charge on any atom is 0.194 e. The van der Waals surface area contributed by atoms with Gasteiger partial charge in [-0.15, -0.1) is 11.3 Å². The van der Waals surface area contributed by atoms with Crippen molar-refractivity contribution in [3.05, 3.63) is 63.9 Å². The lowest BCUT2D eigenvalue weighted by Gasteiger charge is -2.21. The van der Waals surface area contributed by atoms with E-state index in [0.717, 1.165) is 61.2 Å². The van der Waals surface area contributed by atoms with Crippen molar-refractivity contribution in [1.82, 2.24) is 20.4 Å². The summed E-state index contributed by atoms with van der Waals surface area (Å²) in [6, 6.07) is 1.99. The van der Waals surface area contributed by atoms with E-state index in [1.54, 1.807) is 17.5 Å². The zero-order chi connectivity index (χ0) is 33.9. The van der Waals surface area contributed by atoms with Crippen LogP contribution in [-0.4, -0.2) is 27.8 Å². The minimum atomic E-state index is 0.261. The van der Waals surface area contributed by atoms with Crippen LogP contribution in [0.4, 0.5) is 0 Å². The minimum absolute atomic E-state index is 0.261. The van der Waals surface area contributed by atoms with Crippen molar-refractivity contribution in [3.63, 3.8) is 0 Å². The molecule has 0 bridgehead atoms. The smallest absolute Gasteiger partial charge is 0.194 e. The third-order valence-electron chi connectivity index (χ3n) is 5.76. The first-order valence-corrected chi connectivity index (χ1v) is 16.5. The molecule has 7 nitrogen and oxygen atoms in total. The molecule has 250 valence electrons. The van der Waals surface area contributed by atoms with E-state index in [2.05, 4.69) is 117 Å². The summed E-state index contributed by atoms with van der Waals surface area (Å²) in [7, 11) is 0. The lowest BCUT2D eigenvalue weighted by molar-refractivity contribution is 0.122. The Bertz CT molecular complexity index is 1120. The monoisotopic (exact) mass is 630 g/mol. The van der Waals surface area contributed by atoms with Gasteiger partial charge in [-0.2, -0.15) is 0 Å². The van der Waals surface area contributed by atoms with E-state index >= 15 is 0 Å². The molecular formula is C36H62N4O3S. The van der Waals surface area contributed by atoms with Crippen LogP contribution < -0.4 is 5.32 Å². The van der Waals surface area contributed by atoms with Crippen LogP contribution in [0.5, 0.6) is 0 Å². The molecule has 1 aliphatic rings. The molecule has 1 saturated heterocycles. The van der Waals surface area contributed by atoms with Crippen LogP contribution in [0.15, 0.2) is 39.9 Å². The molecule has 0 radical (unpaired) electrons. The van der Waals surface area contributed by atoms with Gasteiger partial charge in [0.15, 0.2) is 11.8 Å². The Kier molecular flexibility index (Phi) is 14.9. The second-order valence-electron chi connectivity index (χ2n) is 16.7. The van der Waals surface area contributed by atoms with Crippen molar-refractivity contribution >= 4 is 11.3 Å². The van der Waals surface area contributed by atoms with Gasteiger partial charge in [-0.25, -0.2) is 9.97 Å². The van der Waals surface area contributed by atoms with Crippen LogP contribution in [-0.2, 0) is 24.0 Å². The summed E-state index contributed by atoms with van der Waals surface area (Å²) in [6.07, 6.45) is 8.06. The van der Waals surface area contributed by atoms with Gasteiger partial charge in [0.2, 0.25) is 0 Å². The predicted molar refractivity (Wildman–Crippen MR) is 185 cm³/mol. The fourth-order valence-corrected chi connectivity index (χ4v) is 5.29. The van der Waals surface area contributed by atoms with Gasteiger partial charge >= 0.3 is 0 Å². The van der Waals surface area contributed by atoms with Gasteiger partial charge in [0, 0.05) is 36.4 Å². The first-order chi connectivity index (χ1) is 19.9. The fourth-order valence-electron chi connectivity index (χ4n) is 4.21. The van der Waals surface area contributed by atoms with E-state index in [0.29, 0.717) is 16.9 Å². The number of thiazole rings is 1. The molecule has 4 rings (SSSR count). The number of nitrogens with one attached hydrogen (secondary N) is 1. The molecule has 0 aliphatic carbocycles. The number of rotatable bonds is 4. The number of hydrogen-bond donors (Lipinski definition) is 1. The topological polar surface area (TPSA) is 86.2 Å². The zero-order valence-electron chi connectivity index (χ0n) is 30.5. The van der Waals surface area contributed by atoms with Crippen LogP contribution in [0.2, 0.25) is 0 Å². The summed E-state index contributed by atoms with van der Waals surface area (Å²) >= 11 is 1.80. The molecule has 1 aliphatic heterocycles. The fraction of sp³-hybridized carbons (Fsp3) is 0.694. The third-order valence-corrected chi connectivity index (χ3v) is 6.67. The summed E-state index contributed by atoms with van der Waals surface area (Å²) in [4.78, 5) is 9.76. The molecular weight excluding hydrogens is 568 g/mol. The van der Waals surface area contributed by atoms with Crippen LogP contribution in [0.3, 0.4) is 0 Å². The lowest BCUT2D eigenvalue weighted by atomic mass is 9.89. The highest BCUT2D eigenvalue weighted by atomic mass is 32.1. The molecule has 0 spiro atoms. The normalized spacial score (nSPS) is 15.2. The van der Waals surface area contributed by atoms with Crippen LogP contribution >= 0.6 is 11.3 Å². The molecule has 4 heterocycles. The van der Waals surface area contributed by atoms with Gasteiger partial charge in [-0.1, -0.05) is 88.2 Å². The molecule has 1 N–H and O–H groups in total. The highest BCUT2D eigenvalue weighted by Crippen LogP contribution is 2.25. The molecule has 1 atom stereocenters. The van der Waals surface area contributed by atoms with Crippen molar-refractivity contribution in [2.45, 2.75) is 136 Å². The first-order valence-electron chi connectivity index (χ1n) is 15.7. The van der Waals surface area contributed by atoms with E-state index in [-0.39, 0.29) is 10.8 Å². The van der Waals surface area contributed by atoms with Crippen molar-refractivity contribution < 1.29 is 13.7 Å². The Morgan fingerprint density at radius 2 is 1.41 bits per heavy atom. The average Bonchev–Trinajstić information content (AvgIpc) is 3.57. The summed E-state index contributed by atoms with van der Waals surface area (Å²) in [5.41, 5.74) is 2.22. The van der Waals surface area contributed by atoms with E-state index in [9.17, 15) is 0 Å². The number of nitrogens with zero attached hydrogens (tertiary/aromatic N) is 3. The zero-order valence-corrected chi connectivity index (χ0v) is 31.3. The first kappa shape index (κ1) is 39.4. The third kappa shape index (κ3) is 20.4. The summed E-state index contributed by atoms with van der Waals surface area (Å²) in [6.45, 7) is 37.0. The Morgan fingerprint density at radius 3 is 1.77 bits per heavy atom. The van der Waals surface area contributed by atoms with Gasteiger partial charge in [0.1, 0.15) is 17.6 Å². The molecule has 44 heavy (non-hydrogen) atoms. The van der Waals surface area contributed by atoms with E-state index in [4.69, 9.17) is 13.7 Å². The summed E-state index contributed by atoms with van der Waals surface area (Å²) in [5.74, 6) is 3.44. The number of ether oxygens (including phenoxy) is 1. The molecule has 3 aromatic heterocycles. The average molecular weight is 631 g/mol. The van der Waals surface area contributed by atoms with Crippen LogP contribution in [0, 0.1) is 42.4 Å². The van der Waals surface area contributed by atoms with Gasteiger partial charge in [0.25, 0.3) is 0 Å². The Balaban J connectivity index is 0.000000293. The largest absolute Gasteiger partial charge is 0.475 e. The Labute approximate surface area is 272 Å². The molecule has 3 aromatic rings. The van der Waals surface area contributed by atoms with E-state index < -0.39 is 0 Å². The van der Waals surface area contributed by atoms with E-state index in [1.807, 2.05) is 26.1 Å². The maximum absolute atomic E-state index is 5.43.